The van der Waals surface area contributed by atoms with Crippen molar-refractivity contribution in [1.29, 1.82) is 0 Å². The highest BCUT2D eigenvalue weighted by Gasteiger charge is 2.29. The van der Waals surface area contributed by atoms with Crippen molar-refractivity contribution in [2.45, 2.75) is 78.2 Å². The van der Waals surface area contributed by atoms with Crippen molar-refractivity contribution in [1.82, 2.24) is 0 Å². The molecule has 1 N–H and O–H groups in total. The Morgan fingerprint density at radius 1 is 1.06 bits per heavy atom. The quantitative estimate of drug-likeness (QED) is 0.769. The average Bonchev–Trinajstić information content (AvgIpc) is 2.58. The van der Waals surface area contributed by atoms with E-state index in [2.05, 4.69) is 13.8 Å². The third-order valence-electron chi connectivity index (χ3n) is 4.55. The molecule has 0 amide bonds. The fraction of sp³-hybridized carbons (Fsp3) is 0.938. The minimum Gasteiger partial charge on any atom is -0.390 e. The van der Waals surface area contributed by atoms with E-state index in [-0.39, 0.29) is 5.60 Å². The minimum absolute atomic E-state index is 0.334. The molecule has 0 aromatic rings. The standard InChI is InChI=1S/C9H16O.C7H14O/c1-7-3-5-9(6-4-7)8(2)10;1-6-3-4-7(2,8)5-6/h7,9H,3-6H2,1-2H3;6,8H,3-5H2,1-2H3. The first-order valence-electron chi connectivity index (χ1n) is 7.53. The molecule has 0 aliphatic heterocycles. The second-order valence-electron chi connectivity index (χ2n) is 6.91. The highest BCUT2D eigenvalue weighted by atomic mass is 16.3. The number of rotatable bonds is 1. The van der Waals surface area contributed by atoms with Crippen LogP contribution in [0, 0.1) is 17.8 Å². The molecule has 2 atom stereocenters. The number of ketones is 1. The second-order valence-corrected chi connectivity index (χ2v) is 6.91. The fourth-order valence-corrected chi connectivity index (χ4v) is 3.18. The zero-order valence-corrected chi connectivity index (χ0v) is 12.5. The van der Waals surface area contributed by atoms with Crippen LogP contribution in [0.25, 0.3) is 0 Å². The molecule has 0 radical (unpaired) electrons. The first kappa shape index (κ1) is 15.7. The third-order valence-corrected chi connectivity index (χ3v) is 4.55. The van der Waals surface area contributed by atoms with Gasteiger partial charge >= 0.3 is 0 Å². The highest BCUT2D eigenvalue weighted by molar-refractivity contribution is 5.78. The van der Waals surface area contributed by atoms with Gasteiger partial charge in [0.15, 0.2) is 0 Å². The Hall–Kier alpha value is -0.370. The first-order valence-corrected chi connectivity index (χ1v) is 7.53. The van der Waals surface area contributed by atoms with Gasteiger partial charge < -0.3 is 5.11 Å². The van der Waals surface area contributed by atoms with Crippen molar-refractivity contribution in [3.8, 4) is 0 Å². The van der Waals surface area contributed by atoms with Crippen molar-refractivity contribution in [3.63, 3.8) is 0 Å². The van der Waals surface area contributed by atoms with E-state index in [0.29, 0.717) is 11.7 Å². The second kappa shape index (κ2) is 6.70. The van der Waals surface area contributed by atoms with Crippen molar-refractivity contribution in [3.05, 3.63) is 0 Å². The number of carbonyl (C=O) groups excluding carboxylic acids is 1. The van der Waals surface area contributed by atoms with E-state index >= 15 is 0 Å². The molecule has 2 rings (SSSR count). The lowest BCUT2D eigenvalue weighted by atomic mass is 9.81. The number of hydrogen-bond donors (Lipinski definition) is 1. The van der Waals surface area contributed by atoms with Gasteiger partial charge in [0.25, 0.3) is 0 Å². The maximum atomic E-state index is 10.9. The predicted octanol–water partition coefficient (Wildman–Crippen LogP) is 3.96. The number of Topliss-reactive ketones (excluding diaryl/α,β-unsaturated/α-hetero) is 1. The van der Waals surface area contributed by atoms with Crippen LogP contribution in [0.4, 0.5) is 0 Å². The van der Waals surface area contributed by atoms with Crippen LogP contribution in [-0.4, -0.2) is 16.5 Å². The summed E-state index contributed by atoms with van der Waals surface area (Å²) in [6.45, 7) is 8.12. The van der Waals surface area contributed by atoms with Gasteiger partial charge in [0.1, 0.15) is 5.78 Å². The zero-order valence-electron chi connectivity index (χ0n) is 12.5. The molecular weight excluding hydrogens is 224 g/mol. The van der Waals surface area contributed by atoms with Gasteiger partial charge in [0.2, 0.25) is 0 Å². The Balaban J connectivity index is 0.000000184. The molecule has 2 aliphatic carbocycles. The molecule has 2 nitrogen and oxygen atoms in total. The lowest BCUT2D eigenvalue weighted by molar-refractivity contribution is -0.121. The SMILES string of the molecule is CC(=O)C1CCC(C)CC1.CC1CCC(C)(O)C1. The van der Waals surface area contributed by atoms with Crippen LogP contribution in [0.15, 0.2) is 0 Å². The van der Waals surface area contributed by atoms with Gasteiger partial charge in [-0.3, -0.25) is 4.79 Å². The monoisotopic (exact) mass is 254 g/mol. The van der Waals surface area contributed by atoms with Crippen LogP contribution in [0.1, 0.15) is 72.6 Å². The molecule has 0 spiro atoms. The van der Waals surface area contributed by atoms with Gasteiger partial charge in [-0.2, -0.15) is 0 Å². The van der Waals surface area contributed by atoms with Gasteiger partial charge in [0, 0.05) is 5.92 Å². The molecule has 106 valence electrons. The van der Waals surface area contributed by atoms with E-state index in [1.54, 1.807) is 6.92 Å². The summed E-state index contributed by atoms with van der Waals surface area (Å²) in [6.07, 6.45) is 7.97. The average molecular weight is 254 g/mol. The van der Waals surface area contributed by atoms with Crippen LogP contribution in [0.5, 0.6) is 0 Å². The van der Waals surface area contributed by atoms with Crippen LogP contribution >= 0.6 is 0 Å². The molecular formula is C16H30O2. The van der Waals surface area contributed by atoms with Crippen molar-refractivity contribution in [2.24, 2.45) is 17.8 Å². The molecule has 0 aromatic heterocycles. The molecule has 2 fully saturated rings. The van der Waals surface area contributed by atoms with Gasteiger partial charge in [-0.15, -0.1) is 0 Å². The van der Waals surface area contributed by atoms with Crippen molar-refractivity contribution < 1.29 is 9.90 Å². The molecule has 2 unspecified atom stereocenters. The van der Waals surface area contributed by atoms with Crippen molar-refractivity contribution >= 4 is 5.78 Å². The summed E-state index contributed by atoms with van der Waals surface area (Å²) in [5, 5.41) is 9.36. The van der Waals surface area contributed by atoms with Gasteiger partial charge in [-0.05, 0) is 57.8 Å². The maximum Gasteiger partial charge on any atom is 0.132 e. The molecule has 2 aliphatic rings. The molecule has 0 heterocycles. The third kappa shape index (κ3) is 5.51. The lowest BCUT2D eigenvalue weighted by Gasteiger charge is -2.23. The summed E-state index contributed by atoms with van der Waals surface area (Å²) in [7, 11) is 0. The van der Waals surface area contributed by atoms with E-state index < -0.39 is 0 Å². The Labute approximate surface area is 112 Å². The normalized spacial score (nSPS) is 39.9. The number of hydrogen-bond acceptors (Lipinski definition) is 2. The largest absolute Gasteiger partial charge is 0.390 e. The molecule has 2 saturated carbocycles. The van der Waals surface area contributed by atoms with Crippen molar-refractivity contribution in [2.75, 3.05) is 0 Å². The van der Waals surface area contributed by atoms with Crippen LogP contribution in [0.2, 0.25) is 0 Å². The molecule has 0 saturated heterocycles. The van der Waals surface area contributed by atoms with E-state index in [0.717, 1.165) is 37.5 Å². The first-order chi connectivity index (χ1) is 8.30. The Kier molecular flexibility index (Phi) is 5.84. The van der Waals surface area contributed by atoms with E-state index in [9.17, 15) is 9.90 Å². The number of aliphatic hydroxyl groups is 1. The smallest absolute Gasteiger partial charge is 0.132 e. The van der Waals surface area contributed by atoms with E-state index in [1.807, 2.05) is 6.92 Å². The topological polar surface area (TPSA) is 37.3 Å². The summed E-state index contributed by atoms with van der Waals surface area (Å²) < 4.78 is 0. The molecule has 0 bridgehead atoms. The van der Waals surface area contributed by atoms with Gasteiger partial charge in [0.05, 0.1) is 5.60 Å². The summed E-state index contributed by atoms with van der Waals surface area (Å²) in [6, 6.07) is 0. The Bertz CT molecular complexity index is 262. The summed E-state index contributed by atoms with van der Waals surface area (Å²) >= 11 is 0. The maximum absolute atomic E-state index is 10.9. The number of carbonyl (C=O) groups is 1. The zero-order chi connectivity index (χ0) is 13.8. The van der Waals surface area contributed by atoms with Crippen LogP contribution < -0.4 is 0 Å². The Morgan fingerprint density at radius 2 is 1.61 bits per heavy atom. The highest BCUT2D eigenvalue weighted by Crippen LogP contribution is 2.33. The summed E-state index contributed by atoms with van der Waals surface area (Å²) in [4.78, 5) is 10.9. The van der Waals surface area contributed by atoms with Crippen LogP contribution in [-0.2, 0) is 4.79 Å². The Morgan fingerprint density at radius 3 is 1.89 bits per heavy atom. The summed E-state index contributed by atoms with van der Waals surface area (Å²) in [5.74, 6) is 2.39. The molecule has 2 heteroatoms. The lowest BCUT2D eigenvalue weighted by Crippen LogP contribution is -2.18. The minimum atomic E-state index is -0.334. The fourth-order valence-electron chi connectivity index (χ4n) is 3.18. The molecule has 0 aromatic carbocycles. The van der Waals surface area contributed by atoms with E-state index in [1.165, 1.54) is 19.3 Å². The predicted molar refractivity (Wildman–Crippen MR) is 75.4 cm³/mol. The summed E-state index contributed by atoms with van der Waals surface area (Å²) in [5.41, 5.74) is -0.334. The molecule has 18 heavy (non-hydrogen) atoms. The van der Waals surface area contributed by atoms with Crippen LogP contribution in [0.3, 0.4) is 0 Å². The van der Waals surface area contributed by atoms with Gasteiger partial charge in [-0.1, -0.05) is 26.7 Å². The van der Waals surface area contributed by atoms with Gasteiger partial charge in [-0.25, -0.2) is 0 Å². The van der Waals surface area contributed by atoms with E-state index in [4.69, 9.17) is 0 Å².